The highest BCUT2D eigenvalue weighted by atomic mass is 16.7. The van der Waals surface area contributed by atoms with E-state index in [4.69, 9.17) is 19.7 Å². The molecule has 1 saturated heterocycles. The Morgan fingerprint density at radius 2 is 1.58 bits per heavy atom. The van der Waals surface area contributed by atoms with Crippen LogP contribution in [0.25, 0.3) is 0 Å². The molecule has 0 aliphatic carbocycles. The van der Waals surface area contributed by atoms with Crippen LogP contribution in [0.3, 0.4) is 0 Å². The Kier molecular flexibility index (Phi) is 8.38. The number of nitrogens with zero attached hydrogens (tertiary/aromatic N) is 1. The number of aliphatic hydroxyl groups excluding tert-OH is 8. The smallest absolute Gasteiger partial charge is 0.187 e. The molecule has 0 bridgehead atoms. The third kappa shape index (κ3) is 4.80. The van der Waals surface area contributed by atoms with Crippen LogP contribution >= 0.6 is 0 Å². The Labute approximate surface area is 138 Å². The number of aliphatic hydroxyl groups is 8. The summed E-state index contributed by atoms with van der Waals surface area (Å²) in [4.78, 5) is 1.22. The van der Waals surface area contributed by atoms with Gasteiger partial charge in [0.2, 0.25) is 0 Å². The average molecular weight is 357 g/mol. The van der Waals surface area contributed by atoms with Crippen LogP contribution < -0.4 is 0 Å². The van der Waals surface area contributed by atoms with Gasteiger partial charge in [-0.05, 0) is 14.1 Å². The van der Waals surface area contributed by atoms with Gasteiger partial charge in [0, 0.05) is 0 Å². The highest BCUT2D eigenvalue weighted by molar-refractivity contribution is 4.91. The molecule has 9 atom stereocenters. The molecule has 1 fully saturated rings. The van der Waals surface area contributed by atoms with Crippen molar-refractivity contribution in [2.45, 2.75) is 55.2 Å². The third-order valence-electron chi connectivity index (χ3n) is 3.88. The lowest BCUT2D eigenvalue weighted by molar-refractivity contribution is -0.329. The van der Waals surface area contributed by atoms with Crippen molar-refractivity contribution in [3.05, 3.63) is 0 Å². The number of hydrogen-bond acceptors (Lipinski definition) is 11. The Bertz CT molecular complexity index is 371. The zero-order valence-corrected chi connectivity index (χ0v) is 13.5. The van der Waals surface area contributed by atoms with Gasteiger partial charge in [0.15, 0.2) is 6.29 Å². The lowest BCUT2D eigenvalue weighted by atomic mass is 9.99. The Hall–Kier alpha value is -0.440. The van der Waals surface area contributed by atoms with E-state index in [1.54, 1.807) is 0 Å². The van der Waals surface area contributed by atoms with Gasteiger partial charge in [0.1, 0.15) is 49.0 Å². The summed E-state index contributed by atoms with van der Waals surface area (Å²) in [6, 6.07) is 0. The van der Waals surface area contributed by atoms with E-state index in [1.165, 1.54) is 19.0 Å². The Balaban J connectivity index is 2.92. The van der Waals surface area contributed by atoms with Gasteiger partial charge < -0.3 is 50.3 Å². The minimum Gasteiger partial charge on any atom is -0.394 e. The highest BCUT2D eigenvalue weighted by Crippen LogP contribution is 2.25. The first kappa shape index (κ1) is 21.6. The van der Waals surface area contributed by atoms with Crippen LogP contribution in [-0.4, -0.2) is 128 Å². The standard InChI is InChI=1S/C13H27NO10/c1-14(2)12(22)10(21)11(5(17)3-15)24-13-9(20)8(19)7(18)6(4-16)23-13/h5-13,15-22H,3-4H2,1-2H3. The maximum atomic E-state index is 10.1. The normalized spacial score (nSPS) is 36.4. The summed E-state index contributed by atoms with van der Waals surface area (Å²) in [5.74, 6) is 0. The molecule has 8 N–H and O–H groups in total. The second kappa shape index (κ2) is 9.31. The molecular formula is C13H27NO10. The molecule has 144 valence electrons. The fourth-order valence-corrected chi connectivity index (χ4v) is 2.31. The number of rotatable bonds is 8. The summed E-state index contributed by atoms with van der Waals surface area (Å²) in [5, 5.41) is 77.3. The topological polar surface area (TPSA) is 184 Å². The highest BCUT2D eigenvalue weighted by Gasteiger charge is 2.46. The quantitative estimate of drug-likeness (QED) is 0.194. The molecule has 9 unspecified atom stereocenters. The Morgan fingerprint density at radius 3 is 2.04 bits per heavy atom. The lowest BCUT2D eigenvalue weighted by Crippen LogP contribution is -2.62. The fourth-order valence-electron chi connectivity index (χ4n) is 2.31. The molecule has 1 aliphatic heterocycles. The molecule has 1 heterocycles. The summed E-state index contributed by atoms with van der Waals surface area (Å²) in [6.45, 7) is -1.50. The maximum Gasteiger partial charge on any atom is 0.187 e. The van der Waals surface area contributed by atoms with E-state index in [2.05, 4.69) is 0 Å². The van der Waals surface area contributed by atoms with Gasteiger partial charge in [0.25, 0.3) is 0 Å². The zero-order valence-electron chi connectivity index (χ0n) is 13.5. The van der Waals surface area contributed by atoms with Crippen molar-refractivity contribution in [3.63, 3.8) is 0 Å². The molecule has 0 radical (unpaired) electrons. The van der Waals surface area contributed by atoms with Crippen molar-refractivity contribution in [2.24, 2.45) is 0 Å². The number of likely N-dealkylation sites (N-methyl/N-ethyl adjacent to an activating group) is 1. The van der Waals surface area contributed by atoms with Crippen LogP contribution in [0.15, 0.2) is 0 Å². The molecule has 0 spiro atoms. The number of hydrogen-bond donors (Lipinski definition) is 8. The van der Waals surface area contributed by atoms with Gasteiger partial charge >= 0.3 is 0 Å². The van der Waals surface area contributed by atoms with Gasteiger partial charge in [-0.1, -0.05) is 0 Å². The molecule has 0 saturated carbocycles. The molecule has 1 rings (SSSR count). The largest absolute Gasteiger partial charge is 0.394 e. The van der Waals surface area contributed by atoms with Crippen molar-refractivity contribution in [3.8, 4) is 0 Å². The predicted octanol–water partition coefficient (Wildman–Crippen LogP) is -5.23. The monoisotopic (exact) mass is 357 g/mol. The molecule has 0 aromatic carbocycles. The molecule has 11 heteroatoms. The summed E-state index contributed by atoms with van der Waals surface area (Å²) in [6.07, 6.45) is -14.3. The Morgan fingerprint density at radius 1 is 1.00 bits per heavy atom. The van der Waals surface area contributed by atoms with Crippen LogP contribution in [0.2, 0.25) is 0 Å². The first-order valence-electron chi connectivity index (χ1n) is 7.43. The van der Waals surface area contributed by atoms with Crippen LogP contribution in [0.1, 0.15) is 0 Å². The minimum absolute atomic E-state index is 0.680. The second-order valence-electron chi connectivity index (χ2n) is 5.92. The van der Waals surface area contributed by atoms with E-state index in [9.17, 15) is 30.6 Å². The molecule has 0 aromatic heterocycles. The molecule has 1 aliphatic rings. The zero-order chi connectivity index (χ0) is 18.6. The van der Waals surface area contributed by atoms with Crippen molar-refractivity contribution in [1.29, 1.82) is 0 Å². The van der Waals surface area contributed by atoms with E-state index < -0.39 is 68.5 Å². The first-order chi connectivity index (χ1) is 11.1. The van der Waals surface area contributed by atoms with Crippen molar-refractivity contribution in [2.75, 3.05) is 27.3 Å². The van der Waals surface area contributed by atoms with Crippen molar-refractivity contribution in [1.82, 2.24) is 4.90 Å². The van der Waals surface area contributed by atoms with Gasteiger partial charge in [-0.15, -0.1) is 0 Å². The summed E-state index contributed by atoms with van der Waals surface area (Å²) in [5.41, 5.74) is 0. The second-order valence-corrected chi connectivity index (χ2v) is 5.92. The number of ether oxygens (including phenoxy) is 2. The van der Waals surface area contributed by atoms with Crippen LogP contribution in [0, 0.1) is 0 Å². The predicted molar refractivity (Wildman–Crippen MR) is 77.4 cm³/mol. The van der Waals surface area contributed by atoms with E-state index in [0.717, 1.165) is 0 Å². The van der Waals surface area contributed by atoms with Gasteiger partial charge in [-0.25, -0.2) is 0 Å². The SMILES string of the molecule is CN(C)C(O)C(O)C(OC1OC(CO)C(O)C(O)C1O)C(O)CO. The molecule has 24 heavy (non-hydrogen) atoms. The van der Waals surface area contributed by atoms with Crippen LogP contribution in [-0.2, 0) is 9.47 Å². The van der Waals surface area contributed by atoms with Gasteiger partial charge in [0.05, 0.1) is 13.2 Å². The lowest BCUT2D eigenvalue weighted by Gasteiger charge is -2.42. The summed E-state index contributed by atoms with van der Waals surface area (Å²) >= 11 is 0. The summed E-state index contributed by atoms with van der Waals surface area (Å²) in [7, 11) is 2.90. The van der Waals surface area contributed by atoms with E-state index >= 15 is 0 Å². The molecule has 0 aromatic rings. The third-order valence-corrected chi connectivity index (χ3v) is 3.88. The van der Waals surface area contributed by atoms with E-state index in [-0.39, 0.29) is 0 Å². The first-order valence-corrected chi connectivity index (χ1v) is 7.43. The van der Waals surface area contributed by atoms with Crippen molar-refractivity contribution >= 4 is 0 Å². The van der Waals surface area contributed by atoms with E-state index in [1.807, 2.05) is 0 Å². The van der Waals surface area contributed by atoms with Crippen LogP contribution in [0.5, 0.6) is 0 Å². The fraction of sp³-hybridized carbons (Fsp3) is 1.00. The molecule has 11 nitrogen and oxygen atoms in total. The molecule has 0 amide bonds. The van der Waals surface area contributed by atoms with Crippen molar-refractivity contribution < 1.29 is 50.3 Å². The van der Waals surface area contributed by atoms with Crippen LogP contribution in [0.4, 0.5) is 0 Å². The van der Waals surface area contributed by atoms with Gasteiger partial charge in [-0.2, -0.15) is 0 Å². The summed E-state index contributed by atoms with van der Waals surface area (Å²) < 4.78 is 10.4. The van der Waals surface area contributed by atoms with Gasteiger partial charge in [-0.3, -0.25) is 4.90 Å². The average Bonchev–Trinajstić information content (AvgIpc) is 2.57. The minimum atomic E-state index is -1.75. The van der Waals surface area contributed by atoms with E-state index in [0.29, 0.717) is 0 Å². The molecular weight excluding hydrogens is 330 g/mol. The maximum absolute atomic E-state index is 10.1.